The van der Waals surface area contributed by atoms with E-state index in [1.807, 2.05) is 56.3 Å². The lowest BCUT2D eigenvalue weighted by molar-refractivity contribution is -0.129. The highest BCUT2D eigenvalue weighted by atomic mass is 35.5. The minimum Gasteiger partial charge on any atom is -0.477 e. The summed E-state index contributed by atoms with van der Waals surface area (Å²) in [7, 11) is 0. The first-order valence-electron chi connectivity index (χ1n) is 8.96. The third-order valence-corrected chi connectivity index (χ3v) is 4.89. The van der Waals surface area contributed by atoms with Crippen LogP contribution in [-0.2, 0) is 9.59 Å². The van der Waals surface area contributed by atoms with Crippen LogP contribution in [0, 0.1) is 5.92 Å². The molecule has 0 saturated heterocycles. The van der Waals surface area contributed by atoms with Gasteiger partial charge in [-0.3, -0.25) is 9.59 Å². The Balaban J connectivity index is 1.80. The normalized spacial score (nSPS) is 17.1. The lowest BCUT2D eigenvalue weighted by Gasteiger charge is -2.34. The second-order valence-electron chi connectivity index (χ2n) is 6.99. The molecule has 0 bridgehead atoms. The molecule has 27 heavy (non-hydrogen) atoms. The van der Waals surface area contributed by atoms with E-state index >= 15 is 0 Å². The van der Waals surface area contributed by atoms with Gasteiger partial charge < -0.3 is 15.0 Å². The Kier molecular flexibility index (Phi) is 5.71. The molecule has 1 aliphatic heterocycles. The Hall–Kier alpha value is -2.53. The van der Waals surface area contributed by atoms with Gasteiger partial charge in [0.1, 0.15) is 5.75 Å². The van der Waals surface area contributed by atoms with E-state index in [-0.39, 0.29) is 30.3 Å². The van der Waals surface area contributed by atoms with Gasteiger partial charge in [0.05, 0.1) is 18.3 Å². The van der Waals surface area contributed by atoms with Crippen LogP contribution in [0.1, 0.15) is 32.4 Å². The molecule has 1 aliphatic rings. The number of ether oxygens (including phenoxy) is 1. The van der Waals surface area contributed by atoms with Gasteiger partial charge in [0.15, 0.2) is 6.10 Å². The molecule has 1 N–H and O–H groups in total. The maximum absolute atomic E-state index is 12.9. The van der Waals surface area contributed by atoms with Crippen LogP contribution >= 0.6 is 11.6 Å². The second kappa shape index (κ2) is 8.01. The maximum Gasteiger partial charge on any atom is 0.263 e. The molecule has 2 aromatic carbocycles. The molecule has 2 atom stereocenters. The van der Waals surface area contributed by atoms with E-state index in [9.17, 15) is 9.59 Å². The lowest BCUT2D eigenvalue weighted by atomic mass is 9.95. The average molecular weight is 387 g/mol. The van der Waals surface area contributed by atoms with Crippen molar-refractivity contribution in [1.29, 1.82) is 0 Å². The summed E-state index contributed by atoms with van der Waals surface area (Å²) < 4.78 is 5.88. The van der Waals surface area contributed by atoms with E-state index in [1.54, 1.807) is 11.0 Å². The van der Waals surface area contributed by atoms with Crippen molar-refractivity contribution in [2.45, 2.75) is 32.9 Å². The van der Waals surface area contributed by atoms with Crippen molar-refractivity contribution in [3.8, 4) is 5.75 Å². The van der Waals surface area contributed by atoms with E-state index in [4.69, 9.17) is 16.3 Å². The summed E-state index contributed by atoms with van der Waals surface area (Å²) in [6, 6.07) is 14.5. The molecule has 0 unspecified atom stereocenters. The van der Waals surface area contributed by atoms with E-state index < -0.39 is 6.10 Å². The quantitative estimate of drug-likeness (QED) is 0.865. The monoisotopic (exact) mass is 386 g/mol. The van der Waals surface area contributed by atoms with Gasteiger partial charge in [0, 0.05) is 11.9 Å². The fourth-order valence-electron chi connectivity index (χ4n) is 3.22. The standard InChI is InChI=1S/C21H23ClN2O3/c1-13(2)20(15-8-10-16(22)11-9-15)23-21(26)19-12-24(14(3)25)17-6-4-5-7-18(17)27-19/h4-11,13,19-20H,12H2,1-3H3,(H,23,26)/t19-,20+/m0/s1. The molecule has 0 fully saturated rings. The number of rotatable bonds is 4. The third kappa shape index (κ3) is 4.25. The Morgan fingerprint density at radius 2 is 1.81 bits per heavy atom. The summed E-state index contributed by atoms with van der Waals surface area (Å²) in [6.07, 6.45) is -0.766. The highest BCUT2D eigenvalue weighted by molar-refractivity contribution is 6.30. The zero-order valence-corrected chi connectivity index (χ0v) is 16.4. The Bertz CT molecular complexity index is 836. The SMILES string of the molecule is CC(=O)N1C[C@@H](C(=O)N[C@@H](c2ccc(Cl)cc2)C(C)C)Oc2ccccc21. The number of carbonyl (C=O) groups is 2. The van der Waals surface area contributed by atoms with Crippen LogP contribution in [0.4, 0.5) is 5.69 Å². The van der Waals surface area contributed by atoms with E-state index in [0.717, 1.165) is 5.56 Å². The maximum atomic E-state index is 12.9. The number of nitrogens with zero attached hydrogens (tertiary/aromatic N) is 1. The van der Waals surface area contributed by atoms with Crippen molar-refractivity contribution < 1.29 is 14.3 Å². The van der Waals surface area contributed by atoms with Crippen molar-refractivity contribution in [3.05, 3.63) is 59.1 Å². The summed E-state index contributed by atoms with van der Waals surface area (Å²) in [5, 5.41) is 3.72. The Morgan fingerprint density at radius 3 is 2.44 bits per heavy atom. The number of anilines is 1. The van der Waals surface area contributed by atoms with Crippen molar-refractivity contribution in [1.82, 2.24) is 5.32 Å². The first kappa shape index (κ1) is 19.2. The fraction of sp³-hybridized carbons (Fsp3) is 0.333. The molecule has 0 aromatic heterocycles. The van der Waals surface area contributed by atoms with Gasteiger partial charge >= 0.3 is 0 Å². The molecule has 0 saturated carbocycles. The van der Waals surface area contributed by atoms with Crippen LogP contribution in [0.5, 0.6) is 5.75 Å². The predicted octanol–water partition coefficient (Wildman–Crippen LogP) is 3.97. The summed E-state index contributed by atoms with van der Waals surface area (Å²) in [5.74, 6) is 0.340. The largest absolute Gasteiger partial charge is 0.477 e. The molecule has 1 heterocycles. The molecule has 3 rings (SSSR count). The molecular formula is C21H23ClN2O3. The van der Waals surface area contributed by atoms with Crippen molar-refractivity contribution >= 4 is 29.1 Å². The number of hydrogen-bond donors (Lipinski definition) is 1. The van der Waals surface area contributed by atoms with E-state index in [0.29, 0.717) is 16.5 Å². The number of hydrogen-bond acceptors (Lipinski definition) is 3. The van der Waals surface area contributed by atoms with Gasteiger partial charge in [0.2, 0.25) is 5.91 Å². The van der Waals surface area contributed by atoms with Crippen LogP contribution in [-0.4, -0.2) is 24.5 Å². The summed E-state index contributed by atoms with van der Waals surface area (Å²) in [6.45, 7) is 5.75. The number of nitrogens with one attached hydrogen (secondary N) is 1. The van der Waals surface area contributed by atoms with Crippen molar-refractivity contribution in [2.24, 2.45) is 5.92 Å². The fourth-order valence-corrected chi connectivity index (χ4v) is 3.35. The number of carbonyl (C=O) groups excluding carboxylic acids is 2. The zero-order valence-electron chi connectivity index (χ0n) is 15.6. The Labute approximate surface area is 164 Å². The molecule has 0 spiro atoms. The van der Waals surface area contributed by atoms with Gasteiger partial charge in [-0.15, -0.1) is 0 Å². The van der Waals surface area contributed by atoms with Gasteiger partial charge in [0.25, 0.3) is 5.91 Å². The second-order valence-corrected chi connectivity index (χ2v) is 7.42. The molecule has 2 amide bonds. The molecule has 5 nitrogen and oxygen atoms in total. The van der Waals surface area contributed by atoms with Crippen molar-refractivity contribution in [3.63, 3.8) is 0 Å². The molecule has 6 heteroatoms. The summed E-state index contributed by atoms with van der Waals surface area (Å²) in [5.41, 5.74) is 1.66. The number of benzene rings is 2. The van der Waals surface area contributed by atoms with Crippen LogP contribution in [0.25, 0.3) is 0 Å². The van der Waals surface area contributed by atoms with Crippen LogP contribution in [0.3, 0.4) is 0 Å². The van der Waals surface area contributed by atoms with Gasteiger partial charge in [-0.2, -0.15) is 0 Å². The lowest BCUT2D eigenvalue weighted by Crippen LogP contribution is -2.51. The Morgan fingerprint density at radius 1 is 1.15 bits per heavy atom. The first-order chi connectivity index (χ1) is 12.9. The van der Waals surface area contributed by atoms with E-state index in [1.165, 1.54) is 6.92 Å². The first-order valence-corrected chi connectivity index (χ1v) is 9.34. The molecule has 2 aromatic rings. The minimum atomic E-state index is -0.766. The highest BCUT2D eigenvalue weighted by Gasteiger charge is 2.33. The van der Waals surface area contributed by atoms with Crippen LogP contribution in [0.15, 0.2) is 48.5 Å². The summed E-state index contributed by atoms with van der Waals surface area (Å²) in [4.78, 5) is 26.5. The third-order valence-electron chi connectivity index (χ3n) is 4.64. The molecular weight excluding hydrogens is 364 g/mol. The van der Waals surface area contributed by atoms with Crippen molar-refractivity contribution in [2.75, 3.05) is 11.4 Å². The predicted molar refractivity (Wildman–Crippen MR) is 106 cm³/mol. The average Bonchev–Trinajstić information content (AvgIpc) is 2.65. The zero-order chi connectivity index (χ0) is 19.6. The van der Waals surface area contributed by atoms with Crippen LogP contribution in [0.2, 0.25) is 5.02 Å². The van der Waals surface area contributed by atoms with Gasteiger partial charge in [-0.05, 0) is 35.7 Å². The highest BCUT2D eigenvalue weighted by Crippen LogP contribution is 2.33. The van der Waals surface area contributed by atoms with E-state index in [2.05, 4.69) is 5.32 Å². The topological polar surface area (TPSA) is 58.6 Å². The van der Waals surface area contributed by atoms with Crippen LogP contribution < -0.4 is 15.0 Å². The number of para-hydroxylation sites is 2. The molecule has 142 valence electrons. The van der Waals surface area contributed by atoms with Gasteiger partial charge in [-0.1, -0.05) is 49.7 Å². The smallest absolute Gasteiger partial charge is 0.263 e. The minimum absolute atomic E-state index is 0.123. The summed E-state index contributed by atoms with van der Waals surface area (Å²) >= 11 is 5.97. The molecule has 0 radical (unpaired) electrons. The number of amides is 2. The molecule has 0 aliphatic carbocycles. The number of fused-ring (bicyclic) bond motifs is 1. The van der Waals surface area contributed by atoms with Gasteiger partial charge in [-0.25, -0.2) is 0 Å². The number of halogens is 1.